The van der Waals surface area contributed by atoms with Crippen molar-refractivity contribution in [2.45, 2.75) is 13.0 Å². The van der Waals surface area contributed by atoms with E-state index in [-0.39, 0.29) is 28.0 Å². The van der Waals surface area contributed by atoms with Gasteiger partial charge in [-0.3, -0.25) is 24.6 Å². The summed E-state index contributed by atoms with van der Waals surface area (Å²) >= 11 is 6.08. The van der Waals surface area contributed by atoms with Crippen molar-refractivity contribution in [3.05, 3.63) is 109 Å². The first-order valence-corrected chi connectivity index (χ1v) is 10.00. The van der Waals surface area contributed by atoms with Gasteiger partial charge in [0.25, 0.3) is 11.6 Å². The molecule has 0 spiro atoms. The number of amides is 1. The van der Waals surface area contributed by atoms with Crippen LogP contribution in [0.25, 0.3) is 11.0 Å². The standard InChI is InChI=1S/C23H14ClN3O5/c1-12-7-8-25-18(9-12)26-20(13-3-2-4-15(10-13)27(30)31)19-21(28)16-11-14(24)5-6-17(16)32-22(19)23(26)29/h2-11,20H,1H3. The number of hydrogen-bond acceptors (Lipinski definition) is 6. The number of aryl methyl sites for hydroxylation is 1. The van der Waals surface area contributed by atoms with Gasteiger partial charge < -0.3 is 4.42 Å². The summed E-state index contributed by atoms with van der Waals surface area (Å²) in [6.07, 6.45) is 1.55. The third kappa shape index (κ3) is 3.04. The van der Waals surface area contributed by atoms with E-state index in [1.54, 1.807) is 30.5 Å². The Morgan fingerprint density at radius 2 is 1.94 bits per heavy atom. The third-order valence-electron chi connectivity index (χ3n) is 5.38. The molecule has 1 amide bonds. The number of nitro benzene ring substituents is 1. The average Bonchev–Trinajstić information content (AvgIpc) is 3.07. The molecule has 1 aliphatic rings. The molecule has 158 valence electrons. The van der Waals surface area contributed by atoms with Crippen molar-refractivity contribution in [1.29, 1.82) is 0 Å². The highest BCUT2D eigenvalue weighted by Gasteiger charge is 2.44. The molecule has 0 fully saturated rings. The van der Waals surface area contributed by atoms with E-state index in [0.717, 1.165) is 5.56 Å². The molecule has 4 aromatic rings. The van der Waals surface area contributed by atoms with Crippen LogP contribution in [-0.2, 0) is 0 Å². The number of hydrogen-bond donors (Lipinski definition) is 0. The maximum atomic E-state index is 13.5. The van der Waals surface area contributed by atoms with E-state index in [1.165, 1.54) is 35.2 Å². The van der Waals surface area contributed by atoms with Gasteiger partial charge in [0, 0.05) is 23.4 Å². The van der Waals surface area contributed by atoms with E-state index in [0.29, 0.717) is 16.4 Å². The zero-order chi connectivity index (χ0) is 22.6. The summed E-state index contributed by atoms with van der Waals surface area (Å²) in [7, 11) is 0. The highest BCUT2D eigenvalue weighted by molar-refractivity contribution is 6.31. The Balaban J connectivity index is 1.83. The van der Waals surface area contributed by atoms with Crippen molar-refractivity contribution in [2.24, 2.45) is 0 Å². The minimum Gasteiger partial charge on any atom is -0.450 e. The number of carbonyl (C=O) groups is 1. The minimum absolute atomic E-state index is 0.0913. The van der Waals surface area contributed by atoms with Gasteiger partial charge in [-0.05, 0) is 48.4 Å². The Kier molecular flexibility index (Phi) is 4.53. The molecule has 3 heterocycles. The molecule has 0 radical (unpaired) electrons. The Hall–Kier alpha value is -4.04. The van der Waals surface area contributed by atoms with Gasteiger partial charge in [0.15, 0.2) is 5.43 Å². The van der Waals surface area contributed by atoms with Gasteiger partial charge in [-0.2, -0.15) is 0 Å². The molecule has 2 aromatic carbocycles. The molecule has 5 rings (SSSR count). The highest BCUT2D eigenvalue weighted by atomic mass is 35.5. The first kappa shape index (κ1) is 19.9. The zero-order valence-corrected chi connectivity index (χ0v) is 17.4. The maximum absolute atomic E-state index is 13.5. The smallest absolute Gasteiger partial charge is 0.296 e. The molecular weight excluding hydrogens is 434 g/mol. The lowest BCUT2D eigenvalue weighted by Gasteiger charge is -2.24. The van der Waals surface area contributed by atoms with E-state index in [4.69, 9.17) is 16.0 Å². The van der Waals surface area contributed by atoms with Crippen molar-refractivity contribution in [3.8, 4) is 0 Å². The van der Waals surface area contributed by atoms with Crippen molar-refractivity contribution >= 4 is 40.0 Å². The fraction of sp³-hybridized carbons (Fsp3) is 0.0870. The van der Waals surface area contributed by atoms with E-state index < -0.39 is 22.3 Å². The van der Waals surface area contributed by atoms with Crippen LogP contribution in [0.3, 0.4) is 0 Å². The van der Waals surface area contributed by atoms with Crippen LogP contribution in [0.5, 0.6) is 0 Å². The van der Waals surface area contributed by atoms with E-state index in [2.05, 4.69) is 4.98 Å². The number of pyridine rings is 1. The summed E-state index contributed by atoms with van der Waals surface area (Å²) in [4.78, 5) is 43.5. The number of anilines is 1. The molecule has 0 aliphatic carbocycles. The van der Waals surface area contributed by atoms with Gasteiger partial charge in [0.05, 0.1) is 21.9 Å². The summed E-state index contributed by atoms with van der Waals surface area (Å²) in [5, 5.41) is 11.9. The minimum atomic E-state index is -0.952. The van der Waals surface area contributed by atoms with E-state index in [9.17, 15) is 19.7 Å². The second kappa shape index (κ2) is 7.28. The van der Waals surface area contributed by atoms with Gasteiger partial charge in [-0.15, -0.1) is 0 Å². The molecule has 0 bridgehead atoms. The monoisotopic (exact) mass is 447 g/mol. The van der Waals surface area contributed by atoms with Gasteiger partial charge in [-0.1, -0.05) is 23.7 Å². The SMILES string of the molecule is Cc1ccnc(N2C(=O)c3oc4ccc(Cl)cc4c(=O)c3C2c2cccc([N+](=O)[O-])c2)c1. The Bertz CT molecular complexity index is 1500. The number of halogens is 1. The number of nitrogens with zero attached hydrogens (tertiary/aromatic N) is 3. The van der Waals surface area contributed by atoms with Crippen LogP contribution in [0.4, 0.5) is 11.5 Å². The molecule has 9 heteroatoms. The van der Waals surface area contributed by atoms with E-state index in [1.807, 2.05) is 6.92 Å². The lowest BCUT2D eigenvalue weighted by molar-refractivity contribution is -0.384. The molecule has 0 saturated carbocycles. The molecule has 32 heavy (non-hydrogen) atoms. The third-order valence-corrected chi connectivity index (χ3v) is 5.61. The molecule has 2 aromatic heterocycles. The predicted molar refractivity (Wildman–Crippen MR) is 118 cm³/mol. The zero-order valence-electron chi connectivity index (χ0n) is 16.6. The highest BCUT2D eigenvalue weighted by Crippen LogP contribution is 2.41. The largest absolute Gasteiger partial charge is 0.450 e. The van der Waals surface area contributed by atoms with Gasteiger partial charge >= 0.3 is 0 Å². The van der Waals surface area contributed by atoms with Crippen molar-refractivity contribution in [1.82, 2.24) is 4.98 Å². The van der Waals surface area contributed by atoms with Gasteiger partial charge in [0.1, 0.15) is 11.4 Å². The number of rotatable bonds is 3. The summed E-state index contributed by atoms with van der Waals surface area (Å²) in [6, 6.07) is 12.9. The fourth-order valence-corrected chi connectivity index (χ4v) is 4.13. The van der Waals surface area contributed by atoms with Gasteiger partial charge in [0.2, 0.25) is 5.76 Å². The summed E-state index contributed by atoms with van der Waals surface area (Å²) in [5.41, 5.74) is 0.977. The van der Waals surface area contributed by atoms with Crippen molar-refractivity contribution in [2.75, 3.05) is 4.90 Å². The molecule has 8 nitrogen and oxygen atoms in total. The molecule has 1 aliphatic heterocycles. The first-order valence-electron chi connectivity index (χ1n) is 9.62. The molecule has 1 atom stereocenters. The van der Waals surface area contributed by atoms with Crippen LogP contribution in [0.2, 0.25) is 5.02 Å². The number of carbonyl (C=O) groups excluding carboxylic acids is 1. The quantitative estimate of drug-likeness (QED) is 0.329. The summed E-state index contributed by atoms with van der Waals surface area (Å²) < 4.78 is 5.85. The number of aromatic nitrogens is 1. The number of non-ortho nitro benzene ring substituents is 1. The van der Waals surface area contributed by atoms with Crippen LogP contribution in [0.1, 0.15) is 33.3 Å². The first-order chi connectivity index (χ1) is 15.3. The van der Waals surface area contributed by atoms with Crippen LogP contribution >= 0.6 is 11.6 Å². The van der Waals surface area contributed by atoms with Crippen LogP contribution < -0.4 is 10.3 Å². The Morgan fingerprint density at radius 1 is 1.12 bits per heavy atom. The average molecular weight is 448 g/mol. The number of benzene rings is 2. The van der Waals surface area contributed by atoms with E-state index >= 15 is 0 Å². The number of nitro groups is 1. The maximum Gasteiger partial charge on any atom is 0.296 e. The lowest BCUT2D eigenvalue weighted by Crippen LogP contribution is -2.30. The van der Waals surface area contributed by atoms with Crippen LogP contribution in [0, 0.1) is 17.0 Å². The normalized spacial score (nSPS) is 15.2. The lowest BCUT2D eigenvalue weighted by atomic mass is 9.98. The number of fused-ring (bicyclic) bond motifs is 2. The molecule has 1 unspecified atom stereocenters. The van der Waals surface area contributed by atoms with Crippen molar-refractivity contribution < 1.29 is 14.1 Å². The molecule has 0 N–H and O–H groups in total. The summed E-state index contributed by atoms with van der Waals surface area (Å²) in [5.74, 6) is -0.368. The van der Waals surface area contributed by atoms with Crippen LogP contribution in [-0.4, -0.2) is 15.8 Å². The Labute approximate surface area is 185 Å². The predicted octanol–water partition coefficient (Wildman–Crippen LogP) is 4.81. The Morgan fingerprint density at radius 3 is 2.69 bits per heavy atom. The van der Waals surface area contributed by atoms with Crippen molar-refractivity contribution in [3.63, 3.8) is 0 Å². The second-order valence-corrected chi connectivity index (χ2v) is 7.87. The molecular formula is C23H14ClN3O5. The molecule has 0 saturated heterocycles. The van der Waals surface area contributed by atoms with Gasteiger partial charge in [-0.25, -0.2) is 4.98 Å². The second-order valence-electron chi connectivity index (χ2n) is 7.44. The summed E-state index contributed by atoms with van der Waals surface area (Å²) in [6.45, 7) is 1.85. The fourth-order valence-electron chi connectivity index (χ4n) is 3.96. The van der Waals surface area contributed by atoms with Crippen LogP contribution in [0.15, 0.2) is 70.0 Å². The topological polar surface area (TPSA) is 107 Å².